The quantitative estimate of drug-likeness (QED) is 0.142. The van der Waals surface area contributed by atoms with Gasteiger partial charge >= 0.3 is 403 Å². The zero-order chi connectivity index (χ0) is 45.1. The van der Waals surface area contributed by atoms with Gasteiger partial charge in [-0.15, -0.1) is 0 Å². The molecule has 2 unspecified atom stereocenters. The summed E-state index contributed by atoms with van der Waals surface area (Å²) in [7, 11) is -3.62. The number of hydrogen-bond acceptors (Lipinski definition) is 2. The van der Waals surface area contributed by atoms with E-state index in [2.05, 4.69) is 153 Å². The zero-order valence-corrected chi connectivity index (χ0v) is 49.2. The fourth-order valence-electron chi connectivity index (χ4n) is 10.2. The molecule has 2 nitrogen and oxygen atoms in total. The molecule has 2 aliphatic rings. The summed E-state index contributed by atoms with van der Waals surface area (Å²) in [6, 6.07) is 22.3. The average Bonchev–Trinajstić information content (AvgIpc) is 3.94. The molecule has 8 rings (SSSR count). The number of halogens is 6. The molecule has 12 heteroatoms. The minimum absolute atomic E-state index is 0. The van der Waals surface area contributed by atoms with Crippen LogP contribution in [0.2, 0.25) is 72.5 Å². The first-order valence-electron chi connectivity index (χ1n) is 21.5. The summed E-state index contributed by atoms with van der Waals surface area (Å²) in [4.78, 5) is 0. The van der Waals surface area contributed by atoms with Gasteiger partial charge in [-0.1, -0.05) is 0 Å². The van der Waals surface area contributed by atoms with Crippen LogP contribution in [-0.2, 0) is 20.4 Å². The van der Waals surface area contributed by atoms with Gasteiger partial charge in [0.25, 0.3) is 0 Å². The van der Waals surface area contributed by atoms with E-state index in [0.717, 1.165) is 64.6 Å². The van der Waals surface area contributed by atoms with E-state index < -0.39 is 41.9 Å². The summed E-state index contributed by atoms with van der Waals surface area (Å²) in [5.41, 5.74) is 16.6. The Balaban J connectivity index is 0.00000340. The van der Waals surface area contributed by atoms with E-state index in [0.29, 0.717) is 0 Å². The molecule has 334 valence electrons. The molecule has 2 atom stereocenters. The van der Waals surface area contributed by atoms with Gasteiger partial charge in [0.2, 0.25) is 0 Å². The van der Waals surface area contributed by atoms with Crippen LogP contribution in [0.15, 0.2) is 69.5 Å². The smallest absolute Gasteiger partial charge is 1.00 e. The molecule has 6 aromatic rings. The molecule has 0 fully saturated rings. The summed E-state index contributed by atoms with van der Waals surface area (Å²) < 4.78 is 13.7. The second-order valence-electron chi connectivity index (χ2n) is 19.9. The normalized spacial score (nSPS) is 15.5. The van der Waals surface area contributed by atoms with Crippen LogP contribution in [0.3, 0.4) is 0 Å². The van der Waals surface area contributed by atoms with Gasteiger partial charge in [-0.05, 0) is 0 Å². The third-order valence-corrected chi connectivity index (χ3v) is 38.2. The molecular weight excluding hydrogens is 1040 g/mol. The van der Waals surface area contributed by atoms with E-state index in [1.165, 1.54) is 66.8 Å². The molecule has 2 aromatic heterocycles. The van der Waals surface area contributed by atoms with Crippen molar-refractivity contribution in [2.75, 3.05) is 0 Å². The monoisotopic (exact) mass is 1100 g/mol. The third kappa shape index (κ3) is 9.11. The Morgan fingerprint density at radius 1 is 0.516 bits per heavy atom. The van der Waals surface area contributed by atoms with Gasteiger partial charge in [0.15, 0.2) is 0 Å². The Bertz CT molecular complexity index is 2730. The molecule has 2 heterocycles. The van der Waals surface area contributed by atoms with Crippen LogP contribution in [0.25, 0.3) is 45.6 Å². The summed E-state index contributed by atoms with van der Waals surface area (Å²) in [5, 5.41) is 5.26. The van der Waals surface area contributed by atoms with Gasteiger partial charge in [0, 0.05) is 0 Å². The second-order valence-corrected chi connectivity index (χ2v) is 49.4. The van der Waals surface area contributed by atoms with Crippen LogP contribution in [0.1, 0.15) is 74.8 Å². The van der Waals surface area contributed by atoms with Gasteiger partial charge in [-0.2, -0.15) is 0 Å². The van der Waals surface area contributed by atoms with E-state index in [9.17, 15) is 0 Å². The van der Waals surface area contributed by atoms with E-state index >= 15 is 0 Å². The number of aryl methyl sites for hydroxylation is 4. The zero-order valence-electron chi connectivity index (χ0n) is 39.2. The molecule has 0 spiro atoms. The first-order chi connectivity index (χ1) is 29.0. The van der Waals surface area contributed by atoms with Crippen molar-refractivity contribution in [3.63, 3.8) is 0 Å². The average molecular weight is 1100 g/mol. The van der Waals surface area contributed by atoms with Crippen molar-refractivity contribution in [3.8, 4) is 22.3 Å². The fraction of sp³-hybridized carbons (Fsp3) is 0.308. The minimum Gasteiger partial charge on any atom is -1.00 e. The fourth-order valence-corrected chi connectivity index (χ4v) is 37.4. The largest absolute Gasteiger partial charge is 1.00 e. The van der Waals surface area contributed by atoms with Crippen LogP contribution in [-0.4, -0.2) is 21.6 Å². The number of fused-ring (bicyclic) bond motifs is 2. The van der Waals surface area contributed by atoms with Crippen LogP contribution in [0.5, 0.6) is 0 Å². The Labute approximate surface area is 423 Å². The minimum atomic E-state index is -2.87. The molecular formula is C52H56Cl6O2Si3Zr. The van der Waals surface area contributed by atoms with Crippen LogP contribution < -0.4 is 35.2 Å². The third-order valence-electron chi connectivity index (χ3n) is 13.1. The standard InChI is InChI=1S/2C25H25Cl2OSi.C2H6Si.2ClH.Zr/c2*1-14-9-17-10-18(23-8-7-15(2)28-23)11-20(17)24(16(14)3)19-12-21(26)25(22(27)13-19)29(4,5)6;1-3-2;;;/h2*7-13H,1-6H3;1-2H3;2*1H;/q;;;;;+2/p-2. The van der Waals surface area contributed by atoms with E-state index in [-0.39, 0.29) is 32.1 Å². The van der Waals surface area contributed by atoms with Gasteiger partial charge in [0.05, 0.1) is 0 Å². The molecule has 2 aliphatic carbocycles. The molecule has 0 amide bonds. The van der Waals surface area contributed by atoms with Gasteiger partial charge in [-0.25, -0.2) is 0 Å². The van der Waals surface area contributed by atoms with E-state index in [4.69, 9.17) is 55.2 Å². The molecule has 0 radical (unpaired) electrons. The predicted molar refractivity (Wildman–Crippen MR) is 274 cm³/mol. The van der Waals surface area contributed by atoms with Crippen LogP contribution in [0, 0.1) is 41.5 Å². The maximum Gasteiger partial charge on any atom is -1.00 e. The van der Waals surface area contributed by atoms with E-state index in [1.807, 2.05) is 13.8 Å². The topological polar surface area (TPSA) is 26.3 Å². The molecule has 0 saturated heterocycles. The van der Waals surface area contributed by atoms with Crippen molar-refractivity contribution in [2.24, 2.45) is 0 Å². The SMILES string of the molecule is Cc1ccc(C2=Cc3c(cc(C)c(C)c3-c3cc(Cl)c([Si](C)(C)C)c(Cl)c3)[CH]2[Zr+2]([CH]2C(c3ccc(C)o3)=Cc3c2cc(C)c(C)c3-c2cc(Cl)c([Si](C)(C)C)c(Cl)c2)=[Si](C)C)o1.[Cl-].[Cl-]. The molecule has 0 N–H and O–H groups in total. The van der Waals surface area contributed by atoms with Crippen LogP contribution in [0.4, 0.5) is 0 Å². The maximum absolute atomic E-state index is 7.20. The Morgan fingerprint density at radius 2 is 0.844 bits per heavy atom. The first kappa shape index (κ1) is 51.6. The first-order valence-corrected chi connectivity index (χ1v) is 39.0. The van der Waals surface area contributed by atoms with Gasteiger partial charge in [0.1, 0.15) is 0 Å². The van der Waals surface area contributed by atoms with Crippen molar-refractivity contribution in [3.05, 3.63) is 148 Å². The number of benzene rings is 4. The molecule has 0 bridgehead atoms. The molecule has 0 saturated carbocycles. The molecule has 64 heavy (non-hydrogen) atoms. The molecule has 4 aromatic carbocycles. The second kappa shape index (κ2) is 18.9. The number of rotatable bonds is 8. The van der Waals surface area contributed by atoms with Crippen molar-refractivity contribution in [1.29, 1.82) is 0 Å². The summed E-state index contributed by atoms with van der Waals surface area (Å²) in [6.45, 7) is 32.1. The summed E-state index contributed by atoms with van der Waals surface area (Å²) in [5.74, 6) is 3.75. The van der Waals surface area contributed by atoms with E-state index in [1.54, 1.807) is 0 Å². The van der Waals surface area contributed by atoms with Crippen molar-refractivity contribution >= 4 is 102 Å². The number of allylic oxidation sites excluding steroid dienone is 2. The number of hydrogen-bond donors (Lipinski definition) is 0. The predicted octanol–water partition coefficient (Wildman–Crippen LogP) is 10.5. The Morgan fingerprint density at radius 3 is 1.11 bits per heavy atom. The summed E-state index contributed by atoms with van der Waals surface area (Å²) >= 11 is 25.9. The van der Waals surface area contributed by atoms with Gasteiger partial charge < -0.3 is 24.8 Å². The number of furan rings is 2. The maximum atomic E-state index is 7.20. The molecule has 0 aliphatic heterocycles. The Hall–Kier alpha value is -1.81. The summed E-state index contributed by atoms with van der Waals surface area (Å²) in [6.07, 6.45) is 4.93. The van der Waals surface area contributed by atoms with Gasteiger partial charge in [-0.3, -0.25) is 0 Å². The van der Waals surface area contributed by atoms with Crippen LogP contribution >= 0.6 is 46.4 Å². The van der Waals surface area contributed by atoms with Crippen molar-refractivity contribution in [2.45, 2.75) is 101 Å². The van der Waals surface area contributed by atoms with Crippen molar-refractivity contribution < 1.29 is 54.0 Å². The Kier molecular flexibility index (Phi) is 15.3. The van der Waals surface area contributed by atoms with Crippen molar-refractivity contribution in [1.82, 2.24) is 0 Å².